The number of anilines is 2. The monoisotopic (exact) mass is 615 g/mol. The van der Waals surface area contributed by atoms with Gasteiger partial charge in [0.1, 0.15) is 10.8 Å². The third-order valence-corrected chi connectivity index (χ3v) is 8.31. The number of nitrogens with zero attached hydrogens (tertiary/aromatic N) is 1. The van der Waals surface area contributed by atoms with Gasteiger partial charge in [0.25, 0.3) is 5.91 Å². The van der Waals surface area contributed by atoms with E-state index >= 15 is 0 Å². The van der Waals surface area contributed by atoms with Gasteiger partial charge in [-0.3, -0.25) is 9.59 Å². The van der Waals surface area contributed by atoms with Gasteiger partial charge in [-0.1, -0.05) is 42.5 Å². The van der Waals surface area contributed by atoms with Gasteiger partial charge in [0.15, 0.2) is 17.1 Å². The van der Waals surface area contributed by atoms with Crippen molar-refractivity contribution in [3.05, 3.63) is 132 Å². The van der Waals surface area contributed by atoms with Gasteiger partial charge in [-0.15, -0.1) is 11.8 Å². The standard InChI is InChI=1S/C36H29N3O5S/c1-42-31-21-14-25(22-32(31)43-2)34(40)37-27-17-19-28(20-18-27)45-33(23-8-4-3-5-9-23)35(41)38-26-15-12-24(13-16-26)36-39-29-10-6-7-11-30(29)44-36/h3-22,33H,1-2H3,(H,37,40)(H,38,41). The molecule has 5 aromatic carbocycles. The minimum atomic E-state index is -0.518. The number of benzene rings is 5. The Labute approximate surface area is 264 Å². The molecule has 45 heavy (non-hydrogen) atoms. The molecule has 0 fully saturated rings. The number of hydrogen-bond donors (Lipinski definition) is 2. The highest BCUT2D eigenvalue weighted by molar-refractivity contribution is 8.00. The quantitative estimate of drug-likeness (QED) is 0.150. The Balaban J connectivity index is 1.14. The van der Waals surface area contributed by atoms with Crippen molar-refractivity contribution in [3.63, 3.8) is 0 Å². The van der Waals surface area contributed by atoms with Crippen LogP contribution in [0.5, 0.6) is 11.5 Å². The third-order valence-electron chi connectivity index (χ3n) is 7.05. The van der Waals surface area contributed by atoms with E-state index in [4.69, 9.17) is 13.9 Å². The van der Waals surface area contributed by atoms with E-state index in [0.29, 0.717) is 34.3 Å². The van der Waals surface area contributed by atoms with Crippen LogP contribution in [0, 0.1) is 0 Å². The summed E-state index contributed by atoms with van der Waals surface area (Å²) in [5.41, 5.74) is 4.93. The molecule has 6 rings (SSSR count). The topological polar surface area (TPSA) is 103 Å². The SMILES string of the molecule is COc1ccc(C(=O)Nc2ccc(SC(C(=O)Nc3ccc(-c4nc5ccccc5o4)cc3)c3ccccc3)cc2)cc1OC. The Morgan fingerprint density at radius 3 is 2.11 bits per heavy atom. The van der Waals surface area contributed by atoms with Crippen molar-refractivity contribution < 1.29 is 23.5 Å². The first-order valence-electron chi connectivity index (χ1n) is 14.1. The number of para-hydroxylation sites is 2. The molecule has 6 aromatic rings. The zero-order valence-electron chi connectivity index (χ0n) is 24.5. The highest BCUT2D eigenvalue weighted by atomic mass is 32.2. The van der Waals surface area contributed by atoms with Crippen molar-refractivity contribution in [1.29, 1.82) is 0 Å². The van der Waals surface area contributed by atoms with Crippen molar-refractivity contribution in [2.45, 2.75) is 10.1 Å². The van der Waals surface area contributed by atoms with E-state index in [1.165, 1.54) is 18.9 Å². The van der Waals surface area contributed by atoms with Gasteiger partial charge < -0.3 is 24.5 Å². The molecule has 0 aliphatic rings. The van der Waals surface area contributed by atoms with Crippen LogP contribution in [0.2, 0.25) is 0 Å². The van der Waals surface area contributed by atoms with Crippen LogP contribution < -0.4 is 20.1 Å². The number of carbonyl (C=O) groups excluding carboxylic acids is 2. The van der Waals surface area contributed by atoms with Gasteiger partial charge in [0.2, 0.25) is 11.8 Å². The maximum atomic E-state index is 13.6. The molecule has 1 atom stereocenters. The number of methoxy groups -OCH3 is 2. The molecule has 0 saturated carbocycles. The Bertz CT molecular complexity index is 1910. The minimum Gasteiger partial charge on any atom is -0.493 e. The van der Waals surface area contributed by atoms with E-state index in [0.717, 1.165) is 27.1 Å². The number of carbonyl (C=O) groups is 2. The number of oxazole rings is 1. The van der Waals surface area contributed by atoms with Crippen molar-refractivity contribution >= 4 is 46.1 Å². The van der Waals surface area contributed by atoms with E-state index in [1.54, 1.807) is 25.3 Å². The number of thioether (sulfide) groups is 1. The first-order chi connectivity index (χ1) is 22.0. The summed E-state index contributed by atoms with van der Waals surface area (Å²) in [5.74, 6) is 1.10. The summed E-state index contributed by atoms with van der Waals surface area (Å²) in [5, 5.41) is 5.44. The summed E-state index contributed by atoms with van der Waals surface area (Å²) < 4.78 is 16.4. The molecule has 0 aliphatic heterocycles. The van der Waals surface area contributed by atoms with Crippen LogP contribution in [0.3, 0.4) is 0 Å². The van der Waals surface area contributed by atoms with Crippen molar-refractivity contribution in [2.24, 2.45) is 0 Å². The molecule has 1 heterocycles. The fourth-order valence-electron chi connectivity index (χ4n) is 4.73. The number of fused-ring (bicyclic) bond motifs is 1. The Kier molecular flexibility index (Phi) is 8.79. The van der Waals surface area contributed by atoms with Crippen LogP contribution in [-0.2, 0) is 4.79 Å². The Hall–Kier alpha value is -5.54. The lowest BCUT2D eigenvalue weighted by molar-refractivity contribution is -0.115. The summed E-state index contributed by atoms with van der Waals surface area (Å²) in [6.07, 6.45) is 0. The molecule has 0 bridgehead atoms. The first kappa shape index (κ1) is 29.5. The molecule has 224 valence electrons. The van der Waals surface area contributed by atoms with Gasteiger partial charge in [0.05, 0.1) is 14.2 Å². The molecule has 8 nitrogen and oxygen atoms in total. The molecule has 0 radical (unpaired) electrons. The molecular formula is C36H29N3O5S. The number of amides is 2. The van der Waals surface area contributed by atoms with E-state index in [9.17, 15) is 9.59 Å². The average molecular weight is 616 g/mol. The smallest absolute Gasteiger partial charge is 0.255 e. The molecule has 0 aliphatic carbocycles. The second kappa shape index (κ2) is 13.4. The molecule has 1 aromatic heterocycles. The molecule has 1 unspecified atom stereocenters. The zero-order chi connectivity index (χ0) is 31.2. The number of ether oxygens (including phenoxy) is 2. The first-order valence-corrected chi connectivity index (χ1v) is 15.0. The number of rotatable bonds is 10. The lowest BCUT2D eigenvalue weighted by atomic mass is 10.1. The second-order valence-electron chi connectivity index (χ2n) is 10.0. The normalized spacial score (nSPS) is 11.5. The third kappa shape index (κ3) is 6.84. The lowest BCUT2D eigenvalue weighted by Crippen LogP contribution is -2.19. The summed E-state index contributed by atoms with van der Waals surface area (Å²) in [4.78, 5) is 31.9. The van der Waals surface area contributed by atoms with Gasteiger partial charge in [-0.2, -0.15) is 0 Å². The maximum absolute atomic E-state index is 13.6. The fourth-order valence-corrected chi connectivity index (χ4v) is 5.76. The summed E-state index contributed by atoms with van der Waals surface area (Å²) in [7, 11) is 3.07. The van der Waals surface area contributed by atoms with Crippen LogP contribution in [0.15, 0.2) is 131 Å². The maximum Gasteiger partial charge on any atom is 0.255 e. The van der Waals surface area contributed by atoms with Crippen LogP contribution in [0.1, 0.15) is 21.2 Å². The molecule has 2 amide bonds. The Morgan fingerprint density at radius 2 is 1.40 bits per heavy atom. The number of hydrogen-bond acceptors (Lipinski definition) is 7. The number of nitrogens with one attached hydrogen (secondary N) is 2. The van der Waals surface area contributed by atoms with Crippen LogP contribution in [-0.4, -0.2) is 31.0 Å². The number of aromatic nitrogens is 1. The summed E-state index contributed by atoms with van der Waals surface area (Å²) in [6, 6.07) is 37.0. The van der Waals surface area contributed by atoms with E-state index in [1.807, 2.05) is 103 Å². The molecule has 0 spiro atoms. The highest BCUT2D eigenvalue weighted by Crippen LogP contribution is 2.37. The minimum absolute atomic E-state index is 0.161. The van der Waals surface area contributed by atoms with Gasteiger partial charge in [-0.25, -0.2) is 4.98 Å². The molecule has 2 N–H and O–H groups in total. The predicted molar refractivity (Wildman–Crippen MR) is 177 cm³/mol. The van der Waals surface area contributed by atoms with Crippen molar-refractivity contribution in [1.82, 2.24) is 4.98 Å². The highest BCUT2D eigenvalue weighted by Gasteiger charge is 2.22. The van der Waals surface area contributed by atoms with Gasteiger partial charge >= 0.3 is 0 Å². The lowest BCUT2D eigenvalue weighted by Gasteiger charge is -2.17. The zero-order valence-corrected chi connectivity index (χ0v) is 25.3. The van der Waals surface area contributed by atoms with Crippen LogP contribution in [0.25, 0.3) is 22.6 Å². The predicted octanol–water partition coefficient (Wildman–Crippen LogP) is 8.24. The second-order valence-corrected chi connectivity index (χ2v) is 11.2. The van der Waals surface area contributed by atoms with Crippen LogP contribution in [0.4, 0.5) is 11.4 Å². The fraction of sp³-hybridized carbons (Fsp3) is 0.0833. The van der Waals surface area contributed by atoms with Gasteiger partial charge in [0, 0.05) is 27.4 Å². The Morgan fingerprint density at radius 1 is 0.733 bits per heavy atom. The summed E-state index contributed by atoms with van der Waals surface area (Å²) in [6.45, 7) is 0. The largest absolute Gasteiger partial charge is 0.493 e. The summed E-state index contributed by atoms with van der Waals surface area (Å²) >= 11 is 1.42. The van der Waals surface area contributed by atoms with Crippen molar-refractivity contribution in [2.75, 3.05) is 24.9 Å². The van der Waals surface area contributed by atoms with Crippen molar-refractivity contribution in [3.8, 4) is 23.0 Å². The molecule has 9 heteroatoms. The molecular weight excluding hydrogens is 586 g/mol. The molecule has 0 saturated heterocycles. The van der Waals surface area contributed by atoms with Crippen LogP contribution >= 0.6 is 11.8 Å². The average Bonchev–Trinajstić information content (AvgIpc) is 3.53. The van der Waals surface area contributed by atoms with E-state index < -0.39 is 5.25 Å². The van der Waals surface area contributed by atoms with E-state index in [2.05, 4.69) is 15.6 Å². The van der Waals surface area contributed by atoms with E-state index in [-0.39, 0.29) is 11.8 Å². The van der Waals surface area contributed by atoms with Gasteiger partial charge in [-0.05, 0) is 84.4 Å².